The Morgan fingerprint density at radius 3 is 2.57 bits per heavy atom. The number of hydrogen-bond donors (Lipinski definition) is 0. The highest BCUT2D eigenvalue weighted by molar-refractivity contribution is 5.83. The van der Waals surface area contributed by atoms with Crippen molar-refractivity contribution >= 4 is 22.7 Å². The molecule has 3 aliphatic rings. The van der Waals surface area contributed by atoms with Gasteiger partial charge in [0.2, 0.25) is 0 Å². The van der Waals surface area contributed by atoms with E-state index < -0.39 is 6.09 Å². The van der Waals surface area contributed by atoms with Crippen molar-refractivity contribution in [2.45, 2.75) is 57.6 Å². The van der Waals surface area contributed by atoms with E-state index in [2.05, 4.69) is 70.3 Å². The predicted molar refractivity (Wildman–Crippen MR) is 180 cm³/mol. The SMILES string of the molecule is CN1CCC[C@H]1COc1nc2c(c(N3CCN(C(=O)OCc4ccccc4)[C@@H](CC#N)C3)n1)CN(Cc1ccc3ccccc3c1)C2. The number of likely N-dealkylation sites (N-methyl/N-ethyl adjacent to an activating group) is 1. The fourth-order valence-corrected chi connectivity index (χ4v) is 7.04. The number of piperazine rings is 1. The van der Waals surface area contributed by atoms with Gasteiger partial charge in [0.1, 0.15) is 19.0 Å². The fraction of sp³-hybridized carbons (Fsp3) is 0.405. The van der Waals surface area contributed by atoms with Crippen molar-refractivity contribution < 1.29 is 14.3 Å². The maximum atomic E-state index is 13.2. The molecule has 0 aliphatic carbocycles. The quantitative estimate of drug-likeness (QED) is 0.242. The minimum absolute atomic E-state index is 0.197. The molecule has 1 amide bonds. The van der Waals surface area contributed by atoms with Gasteiger partial charge in [0, 0.05) is 50.9 Å². The first-order valence-corrected chi connectivity index (χ1v) is 16.6. The van der Waals surface area contributed by atoms with Crippen molar-refractivity contribution in [1.29, 1.82) is 5.26 Å². The summed E-state index contributed by atoms with van der Waals surface area (Å²) in [6.07, 6.45) is 2.08. The number of nitrogens with zero attached hydrogens (tertiary/aromatic N) is 7. The zero-order valence-corrected chi connectivity index (χ0v) is 26.9. The van der Waals surface area contributed by atoms with Gasteiger partial charge in [-0.3, -0.25) is 4.90 Å². The molecule has 0 N–H and O–H groups in total. The van der Waals surface area contributed by atoms with Crippen LogP contribution < -0.4 is 9.64 Å². The van der Waals surface area contributed by atoms with Gasteiger partial charge in [-0.25, -0.2) is 4.79 Å². The van der Waals surface area contributed by atoms with Crippen LogP contribution in [0.5, 0.6) is 6.01 Å². The van der Waals surface area contributed by atoms with Gasteiger partial charge in [0.15, 0.2) is 0 Å². The number of aromatic nitrogens is 2. The Bertz CT molecular complexity index is 1760. The summed E-state index contributed by atoms with van der Waals surface area (Å²) in [6, 6.07) is 27.4. The van der Waals surface area contributed by atoms with Gasteiger partial charge in [-0.1, -0.05) is 66.7 Å². The largest absolute Gasteiger partial charge is 0.462 e. The standard InChI is InChI=1S/C37H41N7O3/c1-41-17-7-12-32(41)26-46-36-39-34-24-42(21-28-13-14-29-10-5-6-11-30(29)20-28)23-33(34)35(40-36)43-18-19-44(31(22-43)15-16-38)37(45)47-25-27-8-3-2-4-9-27/h2-6,8-11,13-14,20,31-32H,7,12,15,17-19,21-26H2,1H3/t31-,32-/m0/s1. The first-order valence-electron chi connectivity index (χ1n) is 16.6. The second-order valence-electron chi connectivity index (χ2n) is 12.9. The lowest BCUT2D eigenvalue weighted by Gasteiger charge is -2.41. The number of ether oxygens (including phenoxy) is 2. The molecule has 10 heteroatoms. The molecule has 3 aliphatic heterocycles. The number of rotatable bonds is 9. The Labute approximate surface area is 276 Å². The van der Waals surface area contributed by atoms with Gasteiger partial charge in [-0.05, 0) is 54.4 Å². The third kappa shape index (κ3) is 7.02. The smallest absolute Gasteiger partial charge is 0.410 e. The predicted octanol–water partition coefficient (Wildman–Crippen LogP) is 5.36. The number of carbonyl (C=O) groups excluding carboxylic acids is 1. The number of hydrogen-bond acceptors (Lipinski definition) is 9. The molecular formula is C37H41N7O3. The van der Waals surface area contributed by atoms with Crippen molar-refractivity contribution in [3.8, 4) is 12.1 Å². The Kier molecular flexibility index (Phi) is 9.18. The topological polar surface area (TPSA) is 98.1 Å². The summed E-state index contributed by atoms with van der Waals surface area (Å²) in [5, 5.41) is 12.2. The molecule has 10 nitrogen and oxygen atoms in total. The van der Waals surface area contributed by atoms with Crippen LogP contribution in [0, 0.1) is 11.3 Å². The Hall–Kier alpha value is -4.72. The van der Waals surface area contributed by atoms with Crippen molar-refractivity contribution in [2.24, 2.45) is 0 Å². The van der Waals surface area contributed by atoms with E-state index in [1.807, 2.05) is 30.3 Å². The Balaban J connectivity index is 1.10. The van der Waals surface area contributed by atoms with Gasteiger partial charge in [-0.2, -0.15) is 15.2 Å². The number of likely N-dealkylation sites (tertiary alicyclic amines) is 1. The maximum Gasteiger partial charge on any atom is 0.410 e. The number of amides is 1. The van der Waals surface area contributed by atoms with Crippen LogP contribution in [0.15, 0.2) is 72.8 Å². The van der Waals surface area contributed by atoms with Crippen molar-refractivity contribution in [2.75, 3.05) is 44.7 Å². The zero-order chi connectivity index (χ0) is 32.2. The van der Waals surface area contributed by atoms with E-state index in [1.54, 1.807) is 4.90 Å². The molecule has 2 atom stereocenters. The third-order valence-corrected chi connectivity index (χ3v) is 9.65. The molecular weight excluding hydrogens is 590 g/mol. The second kappa shape index (κ2) is 14.0. The summed E-state index contributed by atoms with van der Waals surface area (Å²) in [5.41, 5.74) is 4.25. The van der Waals surface area contributed by atoms with Crippen LogP contribution >= 0.6 is 0 Å². The number of fused-ring (bicyclic) bond motifs is 2. The van der Waals surface area contributed by atoms with Gasteiger partial charge < -0.3 is 24.2 Å². The maximum absolute atomic E-state index is 13.2. The van der Waals surface area contributed by atoms with Crippen LogP contribution in [-0.4, -0.2) is 82.7 Å². The van der Waals surface area contributed by atoms with E-state index in [-0.39, 0.29) is 19.1 Å². The van der Waals surface area contributed by atoms with Gasteiger partial charge in [-0.15, -0.1) is 0 Å². The van der Waals surface area contributed by atoms with Crippen LogP contribution in [0.3, 0.4) is 0 Å². The van der Waals surface area contributed by atoms with E-state index in [0.717, 1.165) is 42.1 Å². The highest BCUT2D eigenvalue weighted by atomic mass is 16.6. The van der Waals surface area contributed by atoms with Crippen LogP contribution in [0.4, 0.5) is 10.6 Å². The normalized spacial score (nSPS) is 19.9. The molecule has 1 aromatic heterocycles. The van der Waals surface area contributed by atoms with E-state index in [1.165, 1.54) is 22.8 Å². The molecule has 2 saturated heterocycles. The minimum Gasteiger partial charge on any atom is -0.462 e. The molecule has 47 heavy (non-hydrogen) atoms. The number of carbonyl (C=O) groups is 1. The Morgan fingerprint density at radius 1 is 0.936 bits per heavy atom. The lowest BCUT2D eigenvalue weighted by molar-refractivity contribution is 0.0767. The van der Waals surface area contributed by atoms with Gasteiger partial charge in [0.25, 0.3) is 0 Å². The Morgan fingerprint density at radius 2 is 1.77 bits per heavy atom. The fourth-order valence-electron chi connectivity index (χ4n) is 7.04. The van der Waals surface area contributed by atoms with Gasteiger partial charge in [0.05, 0.1) is 24.2 Å². The monoisotopic (exact) mass is 631 g/mol. The molecule has 0 bridgehead atoms. The summed E-state index contributed by atoms with van der Waals surface area (Å²) in [5.74, 6) is 0.839. The molecule has 2 fully saturated rings. The second-order valence-corrected chi connectivity index (χ2v) is 12.9. The van der Waals surface area contributed by atoms with Crippen molar-refractivity contribution in [1.82, 2.24) is 24.7 Å². The highest BCUT2D eigenvalue weighted by Gasteiger charge is 2.35. The summed E-state index contributed by atoms with van der Waals surface area (Å²) < 4.78 is 11.9. The molecule has 7 rings (SSSR count). The average molecular weight is 632 g/mol. The summed E-state index contributed by atoms with van der Waals surface area (Å²) in [4.78, 5) is 31.8. The number of anilines is 1. The summed E-state index contributed by atoms with van der Waals surface area (Å²) in [6.45, 7) is 5.51. The third-order valence-electron chi connectivity index (χ3n) is 9.65. The molecule has 4 aromatic rings. The van der Waals surface area contributed by atoms with E-state index in [4.69, 9.17) is 19.4 Å². The van der Waals surface area contributed by atoms with Crippen LogP contribution in [0.25, 0.3) is 10.8 Å². The van der Waals surface area contributed by atoms with Crippen LogP contribution in [0.2, 0.25) is 0 Å². The molecule has 0 radical (unpaired) electrons. The molecule has 4 heterocycles. The van der Waals surface area contributed by atoms with Gasteiger partial charge >= 0.3 is 12.1 Å². The molecule has 242 valence electrons. The van der Waals surface area contributed by atoms with E-state index in [0.29, 0.717) is 51.4 Å². The highest BCUT2D eigenvalue weighted by Crippen LogP contribution is 2.34. The first kappa shape index (κ1) is 30.9. The van der Waals surface area contributed by atoms with E-state index in [9.17, 15) is 10.1 Å². The van der Waals surface area contributed by atoms with Crippen molar-refractivity contribution in [3.05, 3.63) is 95.2 Å². The van der Waals surface area contributed by atoms with Crippen LogP contribution in [0.1, 0.15) is 41.6 Å². The lowest BCUT2D eigenvalue weighted by Crippen LogP contribution is -2.55. The van der Waals surface area contributed by atoms with E-state index >= 15 is 0 Å². The summed E-state index contributed by atoms with van der Waals surface area (Å²) >= 11 is 0. The lowest BCUT2D eigenvalue weighted by atomic mass is 10.1. The minimum atomic E-state index is -0.395. The molecule has 0 unspecified atom stereocenters. The number of benzene rings is 3. The summed E-state index contributed by atoms with van der Waals surface area (Å²) in [7, 11) is 2.14. The van der Waals surface area contributed by atoms with Crippen molar-refractivity contribution in [3.63, 3.8) is 0 Å². The molecule has 0 spiro atoms. The first-order chi connectivity index (χ1) is 23.0. The van der Waals surface area contributed by atoms with Crippen LogP contribution in [-0.2, 0) is 31.0 Å². The molecule has 0 saturated carbocycles. The zero-order valence-electron chi connectivity index (χ0n) is 26.9. The molecule has 3 aromatic carbocycles. The number of nitriles is 1. The average Bonchev–Trinajstić information content (AvgIpc) is 3.71.